The van der Waals surface area contributed by atoms with E-state index in [1.165, 1.54) is 0 Å². The van der Waals surface area contributed by atoms with Crippen LogP contribution < -0.4 is 11.1 Å². The number of ether oxygens (including phenoxy) is 1. The van der Waals surface area contributed by atoms with Gasteiger partial charge in [0.2, 0.25) is 5.91 Å². The molecule has 1 unspecified atom stereocenters. The quantitative estimate of drug-likeness (QED) is 0.677. The summed E-state index contributed by atoms with van der Waals surface area (Å²) in [4.78, 5) is 11.5. The lowest BCUT2D eigenvalue weighted by atomic mass is 9.88. The highest BCUT2D eigenvalue weighted by atomic mass is 16.5. The molecular weight excluding hydrogens is 180 g/mol. The maximum atomic E-state index is 11.5. The Bertz CT molecular complexity index is 212. The maximum Gasteiger partial charge on any atom is 0.237 e. The summed E-state index contributed by atoms with van der Waals surface area (Å²) in [6.45, 7) is 8.09. The van der Waals surface area contributed by atoms with Crippen LogP contribution in [0.3, 0.4) is 0 Å². The van der Waals surface area contributed by atoms with Crippen molar-refractivity contribution >= 4 is 5.91 Å². The third-order valence-electron chi connectivity index (χ3n) is 2.61. The second-order valence-corrected chi connectivity index (χ2v) is 4.79. The molecule has 0 saturated carbocycles. The van der Waals surface area contributed by atoms with Gasteiger partial charge in [-0.1, -0.05) is 20.8 Å². The van der Waals surface area contributed by atoms with Crippen LogP contribution in [-0.4, -0.2) is 31.7 Å². The van der Waals surface area contributed by atoms with E-state index in [2.05, 4.69) is 12.2 Å². The molecule has 1 aliphatic heterocycles. The van der Waals surface area contributed by atoms with Crippen LogP contribution in [0.1, 0.15) is 20.8 Å². The monoisotopic (exact) mass is 200 g/mol. The first-order valence-electron chi connectivity index (χ1n) is 5.06. The Morgan fingerprint density at radius 3 is 2.50 bits per heavy atom. The van der Waals surface area contributed by atoms with Gasteiger partial charge in [0.1, 0.15) is 0 Å². The van der Waals surface area contributed by atoms with Crippen LogP contribution in [0, 0.1) is 11.3 Å². The SMILES string of the molecule is CC(C)C(N)C(=O)NCC1(C)COC1. The third-order valence-corrected chi connectivity index (χ3v) is 2.61. The van der Waals surface area contributed by atoms with Crippen LogP contribution in [-0.2, 0) is 9.53 Å². The number of hydrogen-bond donors (Lipinski definition) is 2. The Labute approximate surface area is 85.2 Å². The molecule has 1 fully saturated rings. The zero-order chi connectivity index (χ0) is 10.8. The van der Waals surface area contributed by atoms with Crippen molar-refractivity contribution in [3.8, 4) is 0 Å². The minimum atomic E-state index is -0.403. The van der Waals surface area contributed by atoms with Gasteiger partial charge in [0, 0.05) is 12.0 Å². The van der Waals surface area contributed by atoms with Gasteiger partial charge in [0.25, 0.3) is 0 Å². The highest BCUT2D eigenvalue weighted by Crippen LogP contribution is 2.25. The lowest BCUT2D eigenvalue weighted by molar-refractivity contribution is -0.128. The smallest absolute Gasteiger partial charge is 0.237 e. The molecule has 0 radical (unpaired) electrons. The van der Waals surface area contributed by atoms with Crippen molar-refractivity contribution < 1.29 is 9.53 Å². The van der Waals surface area contributed by atoms with E-state index >= 15 is 0 Å². The standard InChI is InChI=1S/C10H20N2O2/c1-7(2)8(11)9(13)12-4-10(3)5-14-6-10/h7-8H,4-6,11H2,1-3H3,(H,12,13). The van der Waals surface area contributed by atoms with Gasteiger partial charge in [-0.2, -0.15) is 0 Å². The molecule has 3 N–H and O–H groups in total. The summed E-state index contributed by atoms with van der Waals surface area (Å²) >= 11 is 0. The predicted molar refractivity (Wildman–Crippen MR) is 54.7 cm³/mol. The maximum absolute atomic E-state index is 11.5. The molecule has 0 aromatic carbocycles. The topological polar surface area (TPSA) is 64.4 Å². The van der Waals surface area contributed by atoms with Gasteiger partial charge < -0.3 is 15.8 Å². The fourth-order valence-corrected chi connectivity index (χ4v) is 1.27. The molecule has 1 aliphatic rings. The molecule has 1 amide bonds. The summed E-state index contributed by atoms with van der Waals surface area (Å²) in [6.07, 6.45) is 0. The van der Waals surface area contributed by atoms with E-state index in [9.17, 15) is 4.79 Å². The van der Waals surface area contributed by atoms with Crippen molar-refractivity contribution in [3.63, 3.8) is 0 Å². The molecule has 4 heteroatoms. The molecule has 0 bridgehead atoms. The highest BCUT2D eigenvalue weighted by molar-refractivity contribution is 5.81. The Morgan fingerprint density at radius 2 is 2.14 bits per heavy atom. The number of nitrogens with two attached hydrogens (primary N) is 1. The van der Waals surface area contributed by atoms with Crippen LogP contribution >= 0.6 is 0 Å². The number of nitrogens with one attached hydrogen (secondary N) is 1. The van der Waals surface area contributed by atoms with E-state index in [0.29, 0.717) is 6.54 Å². The van der Waals surface area contributed by atoms with Crippen molar-refractivity contribution in [2.75, 3.05) is 19.8 Å². The third kappa shape index (κ3) is 2.69. The van der Waals surface area contributed by atoms with Crippen LogP contribution in [0.4, 0.5) is 0 Å². The molecule has 1 saturated heterocycles. The Morgan fingerprint density at radius 1 is 1.57 bits per heavy atom. The summed E-state index contributed by atoms with van der Waals surface area (Å²) in [5.74, 6) is 0.119. The van der Waals surface area contributed by atoms with Gasteiger partial charge >= 0.3 is 0 Å². The first kappa shape index (κ1) is 11.5. The number of carbonyl (C=O) groups excluding carboxylic acids is 1. The fraction of sp³-hybridized carbons (Fsp3) is 0.900. The summed E-state index contributed by atoms with van der Waals surface area (Å²) in [6, 6.07) is -0.403. The Balaban J connectivity index is 2.27. The van der Waals surface area contributed by atoms with Crippen molar-refractivity contribution in [1.29, 1.82) is 0 Å². The minimum Gasteiger partial charge on any atom is -0.380 e. The minimum absolute atomic E-state index is 0.0619. The van der Waals surface area contributed by atoms with E-state index in [4.69, 9.17) is 10.5 Å². The van der Waals surface area contributed by atoms with Gasteiger partial charge in [-0.05, 0) is 5.92 Å². The van der Waals surface area contributed by atoms with Crippen molar-refractivity contribution in [3.05, 3.63) is 0 Å². The van der Waals surface area contributed by atoms with Crippen LogP contribution in [0.2, 0.25) is 0 Å². The van der Waals surface area contributed by atoms with Crippen LogP contribution in [0.25, 0.3) is 0 Å². The average molecular weight is 200 g/mol. The number of carbonyl (C=O) groups is 1. The summed E-state index contributed by atoms with van der Waals surface area (Å²) < 4.78 is 5.10. The Kier molecular flexibility index (Phi) is 3.50. The first-order chi connectivity index (χ1) is 6.44. The molecular formula is C10H20N2O2. The van der Waals surface area contributed by atoms with Gasteiger partial charge in [-0.25, -0.2) is 0 Å². The number of amides is 1. The lowest BCUT2D eigenvalue weighted by Gasteiger charge is -2.38. The first-order valence-corrected chi connectivity index (χ1v) is 5.06. The summed E-state index contributed by atoms with van der Waals surface area (Å²) in [5, 5.41) is 2.86. The number of hydrogen-bond acceptors (Lipinski definition) is 3. The van der Waals surface area contributed by atoms with E-state index in [-0.39, 0.29) is 17.2 Å². The van der Waals surface area contributed by atoms with E-state index < -0.39 is 6.04 Å². The zero-order valence-corrected chi connectivity index (χ0v) is 9.17. The van der Waals surface area contributed by atoms with E-state index in [1.807, 2.05) is 13.8 Å². The molecule has 1 rings (SSSR count). The fourth-order valence-electron chi connectivity index (χ4n) is 1.27. The molecule has 0 spiro atoms. The van der Waals surface area contributed by atoms with E-state index in [0.717, 1.165) is 13.2 Å². The summed E-state index contributed by atoms with van der Waals surface area (Å²) in [5.41, 5.74) is 5.82. The zero-order valence-electron chi connectivity index (χ0n) is 9.17. The molecule has 1 heterocycles. The molecule has 0 aliphatic carbocycles. The van der Waals surface area contributed by atoms with E-state index in [1.54, 1.807) is 0 Å². The average Bonchev–Trinajstić information content (AvgIpc) is 2.09. The molecule has 4 nitrogen and oxygen atoms in total. The second-order valence-electron chi connectivity index (χ2n) is 4.79. The molecule has 82 valence electrons. The van der Waals surface area contributed by atoms with Gasteiger partial charge in [-0.15, -0.1) is 0 Å². The predicted octanol–water partition coefficient (Wildman–Crippen LogP) is 0.122. The second kappa shape index (κ2) is 4.28. The molecule has 0 aromatic rings. The van der Waals surface area contributed by atoms with Crippen LogP contribution in [0.15, 0.2) is 0 Å². The Hall–Kier alpha value is -0.610. The van der Waals surface area contributed by atoms with Crippen molar-refractivity contribution in [1.82, 2.24) is 5.32 Å². The van der Waals surface area contributed by atoms with Crippen molar-refractivity contribution in [2.45, 2.75) is 26.8 Å². The van der Waals surface area contributed by atoms with Gasteiger partial charge in [0.15, 0.2) is 0 Å². The molecule has 0 aromatic heterocycles. The summed E-state index contributed by atoms with van der Waals surface area (Å²) in [7, 11) is 0. The van der Waals surface area contributed by atoms with Gasteiger partial charge in [0.05, 0.1) is 19.3 Å². The normalized spacial score (nSPS) is 21.5. The molecule has 14 heavy (non-hydrogen) atoms. The largest absolute Gasteiger partial charge is 0.380 e. The highest BCUT2D eigenvalue weighted by Gasteiger charge is 2.34. The van der Waals surface area contributed by atoms with Crippen molar-refractivity contribution in [2.24, 2.45) is 17.1 Å². The van der Waals surface area contributed by atoms with Gasteiger partial charge in [-0.3, -0.25) is 4.79 Å². The number of rotatable bonds is 4. The lowest BCUT2D eigenvalue weighted by Crippen LogP contribution is -2.52. The molecule has 1 atom stereocenters. The van der Waals surface area contributed by atoms with Crippen LogP contribution in [0.5, 0.6) is 0 Å².